The Morgan fingerprint density at radius 3 is 1.58 bits per heavy atom. The maximum absolute atomic E-state index is 12.5. The minimum atomic E-state index is -5.38. The Bertz CT molecular complexity index is 3200. The van der Waals surface area contributed by atoms with E-state index in [0.29, 0.717) is 34.6 Å². The predicted molar refractivity (Wildman–Crippen MR) is 205 cm³/mol. The normalized spacial score (nSPS) is 13.0. The number of nitrogens with zero attached hydrogens (tertiary/aromatic N) is 7. The van der Waals surface area contributed by atoms with Gasteiger partial charge in [-0.2, -0.15) is 53.7 Å². The highest BCUT2D eigenvalue weighted by molar-refractivity contribution is 7.87. The number of anilines is 2. The van der Waals surface area contributed by atoms with Gasteiger partial charge in [-0.25, -0.2) is 0 Å². The molecule has 26 heteroatoms. The smallest absolute Gasteiger partial charge is 0.296 e. The van der Waals surface area contributed by atoms with Crippen LogP contribution in [0.5, 0.6) is 0 Å². The molecule has 0 aliphatic heterocycles. The van der Waals surface area contributed by atoms with Crippen molar-refractivity contribution in [2.24, 2.45) is 20.5 Å². The summed E-state index contributed by atoms with van der Waals surface area (Å²) in [6, 6.07) is 11.9. The standard InChI is InChI=1S/C31H22Cl2N8O12S4/c1-14-10-25(15(2)9-24(14)34-31-36-29(32)35-30(33)37-31)40-38-23-8-7-22(18-5-3-16(11-20(18)23)54(42,43)44)39-41-28-21-12-17(55(45,46)47)4-6-19(21)26(56(48,49)50)13-27(28)57(51,52)53/h3-13H,1-2H3,(H,42,43,44)(H,45,46,47)(H,48,49,50)(H,51,52,53)(H,34,35,36,37). The Kier molecular flexibility index (Phi) is 10.9. The predicted octanol–water partition coefficient (Wildman–Crippen LogP) is 7.66. The maximum Gasteiger partial charge on any atom is 0.296 e. The topological polar surface area (TPSA) is 318 Å². The number of azo groups is 2. The molecule has 0 amide bonds. The molecule has 57 heavy (non-hydrogen) atoms. The van der Waals surface area contributed by atoms with E-state index < -0.39 is 76.5 Å². The zero-order chi connectivity index (χ0) is 41.8. The van der Waals surface area contributed by atoms with Crippen molar-refractivity contribution >= 4 is 120 Å². The number of nitrogens with one attached hydrogen (secondary N) is 1. The van der Waals surface area contributed by atoms with Gasteiger partial charge >= 0.3 is 0 Å². The van der Waals surface area contributed by atoms with Gasteiger partial charge in [0.25, 0.3) is 40.5 Å². The number of aromatic nitrogens is 3. The van der Waals surface area contributed by atoms with Crippen LogP contribution in [0.15, 0.2) is 107 Å². The minimum absolute atomic E-state index is 0.0248. The largest absolute Gasteiger partial charge is 0.324 e. The summed E-state index contributed by atoms with van der Waals surface area (Å²) >= 11 is 11.7. The first-order valence-electron chi connectivity index (χ1n) is 15.3. The molecular formula is C31H22Cl2N8O12S4. The van der Waals surface area contributed by atoms with Gasteiger partial charge in [0, 0.05) is 27.2 Å². The average Bonchev–Trinajstić information content (AvgIpc) is 3.08. The number of benzene rings is 5. The van der Waals surface area contributed by atoms with Crippen LogP contribution in [-0.2, 0) is 40.5 Å². The third-order valence-corrected chi connectivity index (χ3v) is 11.8. The van der Waals surface area contributed by atoms with E-state index in [9.17, 15) is 51.9 Å². The van der Waals surface area contributed by atoms with Crippen molar-refractivity contribution in [3.8, 4) is 0 Å². The number of hydrogen-bond acceptors (Lipinski definition) is 16. The second-order valence-electron chi connectivity index (χ2n) is 11.8. The summed E-state index contributed by atoms with van der Waals surface area (Å²) in [5.41, 5.74) is 1.30. The van der Waals surface area contributed by atoms with Crippen molar-refractivity contribution in [2.45, 2.75) is 33.4 Å². The lowest BCUT2D eigenvalue weighted by Gasteiger charge is -2.12. The first kappa shape index (κ1) is 41.5. The van der Waals surface area contributed by atoms with Crippen molar-refractivity contribution in [2.75, 3.05) is 5.32 Å². The molecule has 0 unspecified atom stereocenters. The molecule has 0 saturated heterocycles. The van der Waals surface area contributed by atoms with Crippen LogP contribution in [-0.4, -0.2) is 66.8 Å². The van der Waals surface area contributed by atoms with Gasteiger partial charge in [0.2, 0.25) is 16.5 Å². The molecule has 0 aliphatic carbocycles. The van der Waals surface area contributed by atoms with Crippen molar-refractivity contribution in [3.05, 3.63) is 88.4 Å². The van der Waals surface area contributed by atoms with Crippen LogP contribution < -0.4 is 5.32 Å². The van der Waals surface area contributed by atoms with Gasteiger partial charge in [-0.3, -0.25) is 18.2 Å². The first-order chi connectivity index (χ1) is 26.4. The summed E-state index contributed by atoms with van der Waals surface area (Å²) in [6.45, 7) is 3.46. The Morgan fingerprint density at radius 1 is 0.509 bits per heavy atom. The van der Waals surface area contributed by atoms with Gasteiger partial charge < -0.3 is 5.32 Å². The Hall–Kier alpha value is -5.15. The molecule has 5 N–H and O–H groups in total. The molecule has 20 nitrogen and oxygen atoms in total. The van der Waals surface area contributed by atoms with E-state index in [1.807, 2.05) is 0 Å². The average molecular weight is 898 g/mol. The fraction of sp³-hybridized carbons (Fsp3) is 0.0645. The van der Waals surface area contributed by atoms with Crippen molar-refractivity contribution in [1.29, 1.82) is 0 Å². The highest BCUT2D eigenvalue weighted by Crippen LogP contribution is 2.42. The third kappa shape index (κ3) is 9.04. The molecule has 0 spiro atoms. The maximum atomic E-state index is 12.5. The molecule has 0 saturated carbocycles. The molecule has 1 heterocycles. The summed E-state index contributed by atoms with van der Waals surface area (Å²) in [5.74, 6) is 0.0793. The second kappa shape index (κ2) is 15.0. The van der Waals surface area contributed by atoms with Gasteiger partial charge in [0.1, 0.15) is 15.5 Å². The van der Waals surface area contributed by atoms with E-state index in [-0.39, 0.29) is 38.7 Å². The van der Waals surface area contributed by atoms with E-state index in [0.717, 1.165) is 24.3 Å². The number of fused-ring (bicyclic) bond motifs is 2. The lowest BCUT2D eigenvalue weighted by Crippen LogP contribution is -2.06. The molecule has 1 aromatic heterocycles. The zero-order valence-corrected chi connectivity index (χ0v) is 33.2. The van der Waals surface area contributed by atoms with Gasteiger partial charge in [-0.1, -0.05) is 12.1 Å². The molecule has 0 radical (unpaired) electrons. The Balaban J connectivity index is 1.50. The lowest BCUT2D eigenvalue weighted by atomic mass is 10.1. The first-order valence-corrected chi connectivity index (χ1v) is 21.8. The molecular weight excluding hydrogens is 876 g/mol. The molecule has 5 aromatic carbocycles. The Morgan fingerprint density at radius 2 is 1.02 bits per heavy atom. The second-order valence-corrected chi connectivity index (χ2v) is 18.1. The summed E-state index contributed by atoms with van der Waals surface area (Å²) in [6.07, 6.45) is 0. The molecule has 0 fully saturated rings. The quantitative estimate of drug-likeness (QED) is 0.0650. The number of hydrogen-bond donors (Lipinski definition) is 5. The van der Waals surface area contributed by atoms with Crippen LogP contribution in [0, 0.1) is 13.8 Å². The van der Waals surface area contributed by atoms with Gasteiger partial charge in [0.05, 0.1) is 26.9 Å². The fourth-order valence-corrected chi connectivity index (χ4v) is 8.23. The fourth-order valence-electron chi connectivity index (χ4n) is 5.39. The number of rotatable bonds is 10. The van der Waals surface area contributed by atoms with E-state index in [1.165, 1.54) is 18.2 Å². The van der Waals surface area contributed by atoms with Crippen LogP contribution in [0.3, 0.4) is 0 Å². The summed E-state index contributed by atoms with van der Waals surface area (Å²) in [7, 11) is -20.3. The van der Waals surface area contributed by atoms with Crippen LogP contribution in [0.4, 0.5) is 34.4 Å². The van der Waals surface area contributed by atoms with Crippen molar-refractivity contribution in [3.63, 3.8) is 0 Å². The molecule has 0 atom stereocenters. The minimum Gasteiger partial charge on any atom is -0.324 e. The van der Waals surface area contributed by atoms with Crippen molar-refractivity contribution < 1.29 is 51.9 Å². The molecule has 6 rings (SSSR count). The van der Waals surface area contributed by atoms with E-state index in [2.05, 4.69) is 40.7 Å². The molecule has 296 valence electrons. The lowest BCUT2D eigenvalue weighted by molar-refractivity contribution is 0.479. The van der Waals surface area contributed by atoms with E-state index >= 15 is 0 Å². The van der Waals surface area contributed by atoms with E-state index in [4.69, 9.17) is 23.2 Å². The van der Waals surface area contributed by atoms with Crippen molar-refractivity contribution in [1.82, 2.24) is 15.0 Å². The molecule has 0 aliphatic rings. The monoisotopic (exact) mass is 896 g/mol. The number of aryl methyl sites for hydroxylation is 2. The van der Waals surface area contributed by atoms with Gasteiger partial charge in [-0.15, -0.1) is 15.3 Å². The van der Waals surface area contributed by atoms with Crippen LogP contribution in [0.25, 0.3) is 21.5 Å². The van der Waals surface area contributed by atoms with Gasteiger partial charge in [-0.05, 0) is 103 Å². The summed E-state index contributed by atoms with van der Waals surface area (Å²) in [4.78, 5) is 7.96. The highest BCUT2D eigenvalue weighted by atomic mass is 35.5. The SMILES string of the molecule is Cc1cc(Nc2nc(Cl)nc(Cl)n2)c(C)cc1N=Nc1ccc(N=Nc2c(S(=O)(=O)O)cc(S(=O)(=O)O)c3ccc(S(=O)(=O)O)cc23)c2ccc(S(=O)(=O)O)cc12. The zero-order valence-electron chi connectivity index (χ0n) is 28.4. The van der Waals surface area contributed by atoms with Crippen LogP contribution >= 0.6 is 23.2 Å². The van der Waals surface area contributed by atoms with E-state index in [1.54, 1.807) is 26.0 Å². The highest BCUT2D eigenvalue weighted by Gasteiger charge is 2.27. The number of halogens is 2. The summed E-state index contributed by atoms with van der Waals surface area (Å²) in [5, 5.41) is 18.3. The summed E-state index contributed by atoms with van der Waals surface area (Å²) < 4.78 is 137. The van der Waals surface area contributed by atoms with Gasteiger partial charge in [0.15, 0.2) is 0 Å². The Labute approximate surface area is 332 Å². The van der Waals surface area contributed by atoms with Crippen LogP contribution in [0.2, 0.25) is 10.6 Å². The molecule has 6 aromatic rings. The van der Waals surface area contributed by atoms with Crippen LogP contribution in [0.1, 0.15) is 11.1 Å². The molecule has 0 bridgehead atoms. The third-order valence-electron chi connectivity index (χ3n) is 7.99.